The lowest BCUT2D eigenvalue weighted by Gasteiger charge is -2.12. The molecule has 0 aliphatic heterocycles. The smallest absolute Gasteiger partial charge is 0.303 e. The number of fused-ring (bicyclic) bond motifs is 1. The summed E-state index contributed by atoms with van der Waals surface area (Å²) in [4.78, 5) is 10.4. The minimum Gasteiger partial charge on any atom is -0.504 e. The molecule has 0 fully saturated rings. The van der Waals surface area contributed by atoms with E-state index in [1.807, 2.05) is 6.07 Å². The van der Waals surface area contributed by atoms with Crippen molar-refractivity contribution >= 4 is 5.97 Å². The van der Waals surface area contributed by atoms with Crippen molar-refractivity contribution in [1.82, 2.24) is 0 Å². The molecule has 0 spiro atoms. The molecular formula is C13H17NO4. The second kappa shape index (κ2) is 5.27. The zero-order valence-corrected chi connectivity index (χ0v) is 10.1. The highest BCUT2D eigenvalue weighted by atomic mass is 16.5. The molecule has 0 aromatic heterocycles. The number of rotatable bonds is 5. The molecule has 0 bridgehead atoms. The Morgan fingerprint density at radius 1 is 1.44 bits per heavy atom. The Hall–Kier alpha value is -1.75. The van der Waals surface area contributed by atoms with Gasteiger partial charge in [-0.1, -0.05) is 6.07 Å². The first kappa shape index (κ1) is 12.7. The summed E-state index contributed by atoms with van der Waals surface area (Å²) < 4.78 is 5.51. The number of phenolic OH excluding ortho intramolecular Hbond substituents is 1. The Bertz CT molecular complexity index is 459. The summed E-state index contributed by atoms with van der Waals surface area (Å²) in [7, 11) is 0. The Balaban J connectivity index is 2.04. The van der Waals surface area contributed by atoms with Crippen LogP contribution in [-0.2, 0) is 17.6 Å². The molecule has 1 aromatic carbocycles. The van der Waals surface area contributed by atoms with Gasteiger partial charge in [0.05, 0.1) is 6.61 Å². The first-order chi connectivity index (χ1) is 8.58. The molecule has 5 heteroatoms. The maximum Gasteiger partial charge on any atom is 0.303 e. The number of aliphatic carboxylic acids is 1. The maximum absolute atomic E-state index is 10.4. The van der Waals surface area contributed by atoms with Crippen LogP contribution in [0.25, 0.3) is 0 Å². The molecule has 1 aliphatic rings. The SMILES string of the molecule is NC1Cc2ccc(O)c(OCCCC(=O)O)c2C1. The van der Waals surface area contributed by atoms with Gasteiger partial charge in [0.2, 0.25) is 0 Å². The van der Waals surface area contributed by atoms with Gasteiger partial charge in [-0.05, 0) is 30.9 Å². The Morgan fingerprint density at radius 2 is 2.22 bits per heavy atom. The third-order valence-electron chi connectivity index (χ3n) is 3.07. The van der Waals surface area contributed by atoms with E-state index in [-0.39, 0.29) is 24.8 Å². The lowest BCUT2D eigenvalue weighted by atomic mass is 10.1. The minimum absolute atomic E-state index is 0.0648. The summed E-state index contributed by atoms with van der Waals surface area (Å²) in [5.74, 6) is -0.285. The molecular weight excluding hydrogens is 234 g/mol. The molecule has 4 N–H and O–H groups in total. The summed E-state index contributed by atoms with van der Waals surface area (Å²) in [6.45, 7) is 0.283. The lowest BCUT2D eigenvalue weighted by molar-refractivity contribution is -0.137. The number of carbonyl (C=O) groups is 1. The zero-order valence-electron chi connectivity index (χ0n) is 10.1. The van der Waals surface area contributed by atoms with Crippen LogP contribution in [0.15, 0.2) is 12.1 Å². The summed E-state index contributed by atoms with van der Waals surface area (Å²) in [5, 5.41) is 18.3. The quantitative estimate of drug-likeness (QED) is 0.680. The molecule has 1 unspecified atom stereocenters. The van der Waals surface area contributed by atoms with E-state index in [1.54, 1.807) is 6.07 Å². The van der Waals surface area contributed by atoms with Crippen molar-refractivity contribution in [2.45, 2.75) is 31.7 Å². The van der Waals surface area contributed by atoms with Crippen LogP contribution in [0.5, 0.6) is 11.5 Å². The predicted molar refractivity (Wildman–Crippen MR) is 65.9 cm³/mol. The minimum atomic E-state index is -0.844. The van der Waals surface area contributed by atoms with Gasteiger partial charge in [0.1, 0.15) is 0 Å². The van der Waals surface area contributed by atoms with Gasteiger partial charge in [-0.25, -0.2) is 0 Å². The van der Waals surface area contributed by atoms with Crippen molar-refractivity contribution < 1.29 is 19.7 Å². The van der Waals surface area contributed by atoms with Crippen LogP contribution in [0.2, 0.25) is 0 Å². The van der Waals surface area contributed by atoms with E-state index < -0.39 is 5.97 Å². The van der Waals surface area contributed by atoms with Gasteiger partial charge in [-0.2, -0.15) is 0 Å². The Labute approximate surface area is 105 Å². The molecule has 0 amide bonds. The summed E-state index contributed by atoms with van der Waals surface area (Å²) in [5.41, 5.74) is 7.95. The highest BCUT2D eigenvalue weighted by Gasteiger charge is 2.24. The molecule has 2 rings (SSSR count). The van der Waals surface area contributed by atoms with Crippen LogP contribution in [0.1, 0.15) is 24.0 Å². The van der Waals surface area contributed by atoms with Gasteiger partial charge in [0.25, 0.3) is 0 Å². The molecule has 0 radical (unpaired) electrons. The van der Waals surface area contributed by atoms with Gasteiger partial charge < -0.3 is 20.7 Å². The third-order valence-corrected chi connectivity index (χ3v) is 3.07. The van der Waals surface area contributed by atoms with Gasteiger partial charge in [-0.3, -0.25) is 4.79 Å². The number of aromatic hydroxyl groups is 1. The van der Waals surface area contributed by atoms with Crippen LogP contribution in [0.3, 0.4) is 0 Å². The average Bonchev–Trinajstić information content (AvgIpc) is 2.67. The van der Waals surface area contributed by atoms with Gasteiger partial charge in [0, 0.05) is 18.0 Å². The fraction of sp³-hybridized carbons (Fsp3) is 0.462. The van der Waals surface area contributed by atoms with Crippen molar-refractivity contribution in [3.8, 4) is 11.5 Å². The van der Waals surface area contributed by atoms with Gasteiger partial charge in [-0.15, -0.1) is 0 Å². The van der Waals surface area contributed by atoms with Crippen molar-refractivity contribution in [2.75, 3.05) is 6.61 Å². The zero-order chi connectivity index (χ0) is 13.1. The average molecular weight is 251 g/mol. The summed E-state index contributed by atoms with van der Waals surface area (Å²) in [6.07, 6.45) is 1.97. The van der Waals surface area contributed by atoms with Crippen molar-refractivity contribution in [2.24, 2.45) is 5.73 Å². The molecule has 18 heavy (non-hydrogen) atoms. The fourth-order valence-corrected chi connectivity index (χ4v) is 2.25. The van der Waals surface area contributed by atoms with Crippen LogP contribution >= 0.6 is 0 Å². The Morgan fingerprint density at radius 3 is 2.94 bits per heavy atom. The summed E-state index contributed by atoms with van der Waals surface area (Å²) >= 11 is 0. The van der Waals surface area contributed by atoms with E-state index in [4.69, 9.17) is 15.6 Å². The normalized spacial score (nSPS) is 17.5. The molecule has 1 aromatic rings. The van der Waals surface area contributed by atoms with Gasteiger partial charge in [0.15, 0.2) is 11.5 Å². The fourth-order valence-electron chi connectivity index (χ4n) is 2.25. The van der Waals surface area contributed by atoms with E-state index in [2.05, 4.69) is 0 Å². The monoisotopic (exact) mass is 251 g/mol. The molecule has 1 aliphatic carbocycles. The van der Waals surface area contributed by atoms with E-state index >= 15 is 0 Å². The number of carboxylic acids is 1. The van der Waals surface area contributed by atoms with Crippen molar-refractivity contribution in [3.05, 3.63) is 23.3 Å². The first-order valence-electron chi connectivity index (χ1n) is 6.02. The predicted octanol–water partition coefficient (Wildman–Crippen LogP) is 1.06. The second-order valence-electron chi connectivity index (χ2n) is 4.57. The molecule has 5 nitrogen and oxygen atoms in total. The molecule has 98 valence electrons. The van der Waals surface area contributed by atoms with E-state index in [9.17, 15) is 9.90 Å². The second-order valence-corrected chi connectivity index (χ2v) is 4.57. The number of nitrogens with two attached hydrogens (primary N) is 1. The standard InChI is InChI=1S/C13H17NO4/c14-9-6-8-3-4-11(15)13(10(8)7-9)18-5-1-2-12(16)17/h3-4,9,15H,1-2,5-7,14H2,(H,16,17). The summed E-state index contributed by atoms with van der Waals surface area (Å²) in [6, 6.07) is 3.54. The third kappa shape index (κ3) is 2.73. The van der Waals surface area contributed by atoms with Crippen LogP contribution < -0.4 is 10.5 Å². The molecule has 0 heterocycles. The molecule has 0 saturated heterocycles. The number of benzene rings is 1. The van der Waals surface area contributed by atoms with E-state index in [0.29, 0.717) is 18.6 Å². The molecule has 1 atom stereocenters. The van der Waals surface area contributed by atoms with E-state index in [0.717, 1.165) is 17.5 Å². The largest absolute Gasteiger partial charge is 0.504 e. The Kier molecular flexibility index (Phi) is 3.72. The highest BCUT2D eigenvalue weighted by molar-refractivity contribution is 5.66. The molecule has 0 saturated carbocycles. The van der Waals surface area contributed by atoms with Crippen LogP contribution in [0.4, 0.5) is 0 Å². The number of carboxylic acid groups (broad SMARTS) is 1. The first-order valence-corrected chi connectivity index (χ1v) is 6.02. The van der Waals surface area contributed by atoms with Crippen molar-refractivity contribution in [3.63, 3.8) is 0 Å². The van der Waals surface area contributed by atoms with Crippen molar-refractivity contribution in [1.29, 1.82) is 0 Å². The highest BCUT2D eigenvalue weighted by Crippen LogP contribution is 2.37. The van der Waals surface area contributed by atoms with Crippen LogP contribution in [0, 0.1) is 0 Å². The number of hydrogen-bond acceptors (Lipinski definition) is 4. The number of hydrogen-bond donors (Lipinski definition) is 3. The topological polar surface area (TPSA) is 92.8 Å². The number of phenols is 1. The van der Waals surface area contributed by atoms with E-state index in [1.165, 1.54) is 0 Å². The van der Waals surface area contributed by atoms with Gasteiger partial charge >= 0.3 is 5.97 Å². The maximum atomic E-state index is 10.4. The lowest BCUT2D eigenvalue weighted by Crippen LogP contribution is -2.19. The van der Waals surface area contributed by atoms with Crippen LogP contribution in [-0.4, -0.2) is 28.8 Å². The number of ether oxygens (including phenoxy) is 1.